The largest absolute Gasteiger partial charge is 0.477 e. The van der Waals surface area contributed by atoms with Gasteiger partial charge in [0.15, 0.2) is 0 Å². The highest BCUT2D eigenvalue weighted by Crippen LogP contribution is 2.07. The summed E-state index contributed by atoms with van der Waals surface area (Å²) >= 11 is 0. The van der Waals surface area contributed by atoms with Gasteiger partial charge in [0, 0.05) is 12.1 Å². The van der Waals surface area contributed by atoms with E-state index in [4.69, 9.17) is 4.74 Å². The van der Waals surface area contributed by atoms with E-state index in [9.17, 15) is 0 Å². The minimum Gasteiger partial charge on any atom is -0.477 e. The highest BCUT2D eigenvalue weighted by molar-refractivity contribution is 5.07. The lowest BCUT2D eigenvalue weighted by atomic mass is 10.1. The SMILES string of the molecule is CCCCCCOc1cnc(CNC(C)(C)C)cn1. The maximum atomic E-state index is 5.56. The maximum absolute atomic E-state index is 5.56. The Labute approximate surface area is 117 Å². The lowest BCUT2D eigenvalue weighted by molar-refractivity contribution is 0.292. The standard InChI is InChI=1S/C15H27N3O/c1-5-6-7-8-9-19-14-12-16-13(10-17-14)11-18-15(2,3)4/h10,12,18H,5-9,11H2,1-4H3. The predicted octanol–water partition coefficient (Wildman–Crippen LogP) is 3.32. The van der Waals surface area contributed by atoms with Crippen LogP contribution in [0.15, 0.2) is 12.4 Å². The summed E-state index contributed by atoms with van der Waals surface area (Å²) in [5.74, 6) is 0.621. The Morgan fingerprint density at radius 1 is 1.11 bits per heavy atom. The molecule has 108 valence electrons. The fourth-order valence-electron chi connectivity index (χ4n) is 1.57. The second kappa shape index (κ2) is 8.10. The average Bonchev–Trinajstić information content (AvgIpc) is 2.37. The Morgan fingerprint density at radius 2 is 1.89 bits per heavy atom. The van der Waals surface area contributed by atoms with Crippen molar-refractivity contribution in [3.8, 4) is 5.88 Å². The van der Waals surface area contributed by atoms with Gasteiger partial charge in [0.1, 0.15) is 0 Å². The van der Waals surface area contributed by atoms with Gasteiger partial charge in [-0.05, 0) is 27.2 Å². The molecule has 0 aromatic carbocycles. The van der Waals surface area contributed by atoms with E-state index in [1.165, 1.54) is 19.3 Å². The van der Waals surface area contributed by atoms with E-state index in [1.54, 1.807) is 12.4 Å². The fraction of sp³-hybridized carbons (Fsp3) is 0.733. The highest BCUT2D eigenvalue weighted by Gasteiger charge is 2.09. The molecule has 19 heavy (non-hydrogen) atoms. The molecule has 0 atom stereocenters. The lowest BCUT2D eigenvalue weighted by Crippen LogP contribution is -2.35. The monoisotopic (exact) mass is 265 g/mol. The van der Waals surface area contributed by atoms with Gasteiger partial charge in [0.05, 0.1) is 24.7 Å². The molecule has 1 aromatic rings. The summed E-state index contributed by atoms with van der Waals surface area (Å²) in [5, 5.41) is 3.38. The molecular formula is C15H27N3O. The molecule has 0 unspecified atom stereocenters. The zero-order chi connectivity index (χ0) is 14.1. The van der Waals surface area contributed by atoms with Crippen LogP contribution < -0.4 is 10.1 Å². The van der Waals surface area contributed by atoms with Crippen molar-refractivity contribution in [1.29, 1.82) is 0 Å². The zero-order valence-electron chi connectivity index (χ0n) is 12.7. The summed E-state index contributed by atoms with van der Waals surface area (Å²) in [6, 6.07) is 0. The van der Waals surface area contributed by atoms with Gasteiger partial charge in [-0.2, -0.15) is 0 Å². The van der Waals surface area contributed by atoms with E-state index in [0.717, 1.165) is 25.3 Å². The topological polar surface area (TPSA) is 47.0 Å². The normalized spacial score (nSPS) is 11.6. The van der Waals surface area contributed by atoms with Crippen LogP contribution in [-0.2, 0) is 6.54 Å². The molecule has 0 aliphatic rings. The van der Waals surface area contributed by atoms with Gasteiger partial charge < -0.3 is 10.1 Å². The van der Waals surface area contributed by atoms with Crippen molar-refractivity contribution in [2.75, 3.05) is 6.61 Å². The second-order valence-electron chi connectivity index (χ2n) is 5.86. The van der Waals surface area contributed by atoms with Gasteiger partial charge in [-0.1, -0.05) is 26.2 Å². The first-order valence-corrected chi connectivity index (χ1v) is 7.20. The van der Waals surface area contributed by atoms with E-state index in [2.05, 4.69) is 43.0 Å². The van der Waals surface area contributed by atoms with Crippen LogP contribution >= 0.6 is 0 Å². The molecule has 1 N–H and O–H groups in total. The molecule has 0 saturated carbocycles. The van der Waals surface area contributed by atoms with E-state index in [-0.39, 0.29) is 5.54 Å². The summed E-state index contributed by atoms with van der Waals surface area (Å²) in [7, 11) is 0. The fourth-order valence-corrected chi connectivity index (χ4v) is 1.57. The molecule has 4 nitrogen and oxygen atoms in total. The number of hydrogen-bond donors (Lipinski definition) is 1. The number of hydrogen-bond acceptors (Lipinski definition) is 4. The van der Waals surface area contributed by atoms with Gasteiger partial charge in [-0.15, -0.1) is 0 Å². The quantitative estimate of drug-likeness (QED) is 0.732. The lowest BCUT2D eigenvalue weighted by Gasteiger charge is -2.19. The van der Waals surface area contributed by atoms with Gasteiger partial charge in [-0.3, -0.25) is 4.98 Å². The maximum Gasteiger partial charge on any atom is 0.232 e. The number of nitrogens with zero attached hydrogens (tertiary/aromatic N) is 2. The molecule has 0 fully saturated rings. The van der Waals surface area contributed by atoms with Crippen LogP contribution in [0.25, 0.3) is 0 Å². The van der Waals surface area contributed by atoms with Crippen molar-refractivity contribution in [2.45, 2.75) is 65.5 Å². The third-order valence-electron chi connectivity index (χ3n) is 2.73. The minimum absolute atomic E-state index is 0.0934. The summed E-state index contributed by atoms with van der Waals surface area (Å²) in [6.45, 7) is 10.1. The Bertz CT molecular complexity index is 343. The average molecular weight is 265 g/mol. The van der Waals surface area contributed by atoms with E-state index in [1.807, 2.05) is 0 Å². The Balaban J connectivity index is 2.27. The molecule has 0 amide bonds. The number of rotatable bonds is 8. The number of aromatic nitrogens is 2. The molecule has 0 bridgehead atoms. The Morgan fingerprint density at radius 3 is 2.47 bits per heavy atom. The van der Waals surface area contributed by atoms with E-state index < -0.39 is 0 Å². The highest BCUT2D eigenvalue weighted by atomic mass is 16.5. The van der Waals surface area contributed by atoms with Crippen molar-refractivity contribution >= 4 is 0 Å². The third-order valence-corrected chi connectivity index (χ3v) is 2.73. The Kier molecular flexibility index (Phi) is 6.78. The van der Waals surface area contributed by atoms with Gasteiger partial charge >= 0.3 is 0 Å². The molecule has 0 aliphatic carbocycles. The smallest absolute Gasteiger partial charge is 0.232 e. The first kappa shape index (κ1) is 15.9. The molecule has 0 aliphatic heterocycles. The minimum atomic E-state index is 0.0934. The van der Waals surface area contributed by atoms with Crippen molar-refractivity contribution < 1.29 is 4.74 Å². The van der Waals surface area contributed by atoms with Crippen LogP contribution in [0.1, 0.15) is 59.1 Å². The first-order valence-electron chi connectivity index (χ1n) is 7.20. The van der Waals surface area contributed by atoms with Gasteiger partial charge in [-0.25, -0.2) is 4.98 Å². The molecular weight excluding hydrogens is 238 g/mol. The first-order chi connectivity index (χ1) is 9.01. The van der Waals surface area contributed by atoms with Crippen LogP contribution in [0.4, 0.5) is 0 Å². The van der Waals surface area contributed by atoms with Crippen molar-refractivity contribution in [3.63, 3.8) is 0 Å². The van der Waals surface area contributed by atoms with E-state index in [0.29, 0.717) is 5.88 Å². The molecule has 0 radical (unpaired) electrons. The van der Waals surface area contributed by atoms with E-state index >= 15 is 0 Å². The van der Waals surface area contributed by atoms with Gasteiger partial charge in [0.25, 0.3) is 0 Å². The molecule has 4 heteroatoms. The number of unbranched alkanes of at least 4 members (excludes halogenated alkanes) is 3. The van der Waals surface area contributed by atoms with Crippen molar-refractivity contribution in [3.05, 3.63) is 18.1 Å². The molecule has 1 aromatic heterocycles. The van der Waals surface area contributed by atoms with Gasteiger partial charge in [0.2, 0.25) is 5.88 Å². The van der Waals surface area contributed by atoms with Crippen molar-refractivity contribution in [2.24, 2.45) is 0 Å². The summed E-state index contributed by atoms with van der Waals surface area (Å²) < 4.78 is 5.56. The van der Waals surface area contributed by atoms with Crippen LogP contribution in [0.5, 0.6) is 5.88 Å². The summed E-state index contributed by atoms with van der Waals surface area (Å²) in [5.41, 5.74) is 1.03. The summed E-state index contributed by atoms with van der Waals surface area (Å²) in [4.78, 5) is 8.62. The summed E-state index contributed by atoms with van der Waals surface area (Å²) in [6.07, 6.45) is 8.31. The molecule has 1 heterocycles. The molecule has 1 rings (SSSR count). The molecule has 0 spiro atoms. The van der Waals surface area contributed by atoms with Crippen LogP contribution in [-0.4, -0.2) is 22.1 Å². The Hall–Kier alpha value is -1.16. The van der Waals surface area contributed by atoms with Crippen LogP contribution in [0.3, 0.4) is 0 Å². The number of ether oxygens (including phenoxy) is 1. The third kappa shape index (κ3) is 7.78. The zero-order valence-corrected chi connectivity index (χ0v) is 12.7. The predicted molar refractivity (Wildman–Crippen MR) is 78.3 cm³/mol. The molecule has 0 saturated heterocycles. The van der Waals surface area contributed by atoms with Crippen LogP contribution in [0, 0.1) is 0 Å². The van der Waals surface area contributed by atoms with Crippen LogP contribution in [0.2, 0.25) is 0 Å². The second-order valence-corrected chi connectivity index (χ2v) is 5.86. The number of nitrogens with one attached hydrogen (secondary N) is 1. The van der Waals surface area contributed by atoms with Crippen molar-refractivity contribution in [1.82, 2.24) is 15.3 Å².